The van der Waals surface area contributed by atoms with E-state index in [0.29, 0.717) is 18.7 Å². The highest BCUT2D eigenvalue weighted by Gasteiger charge is 2.42. The van der Waals surface area contributed by atoms with Gasteiger partial charge in [0.05, 0.1) is 6.54 Å². The van der Waals surface area contributed by atoms with Crippen LogP contribution in [0.4, 0.5) is 0 Å². The van der Waals surface area contributed by atoms with E-state index >= 15 is 0 Å². The van der Waals surface area contributed by atoms with Gasteiger partial charge in [-0.1, -0.05) is 36.4 Å². The number of rotatable bonds is 1. The Balaban J connectivity index is 1.62. The molecule has 2 fully saturated rings. The van der Waals surface area contributed by atoms with Crippen LogP contribution < -0.4 is 5.32 Å². The lowest BCUT2D eigenvalue weighted by Gasteiger charge is -2.44. The maximum Gasteiger partial charge on any atom is 0.254 e. The minimum atomic E-state index is -0.601. The first kappa shape index (κ1) is 15.6. The van der Waals surface area contributed by atoms with Gasteiger partial charge in [-0.3, -0.25) is 14.4 Å². The molecule has 6 heteroatoms. The number of fused-ring (bicyclic) bond motifs is 2. The summed E-state index contributed by atoms with van der Waals surface area (Å²) in [5.41, 5.74) is 0.627. The minimum Gasteiger partial charge on any atom is -0.343 e. The lowest BCUT2D eigenvalue weighted by molar-refractivity contribution is -0.151. The van der Waals surface area contributed by atoms with Gasteiger partial charge in [-0.2, -0.15) is 0 Å². The molecule has 25 heavy (non-hydrogen) atoms. The third-order valence-electron chi connectivity index (χ3n) is 5.00. The predicted octanol–water partition coefficient (Wildman–Crippen LogP) is 1.01. The van der Waals surface area contributed by atoms with Crippen molar-refractivity contribution in [3.05, 3.63) is 48.0 Å². The lowest BCUT2D eigenvalue weighted by Crippen LogP contribution is -2.69. The zero-order valence-electron chi connectivity index (χ0n) is 13.9. The monoisotopic (exact) mass is 337 g/mol. The van der Waals surface area contributed by atoms with Crippen LogP contribution in [-0.2, 0) is 9.59 Å². The van der Waals surface area contributed by atoms with Crippen LogP contribution in [0.15, 0.2) is 42.5 Å². The van der Waals surface area contributed by atoms with E-state index in [9.17, 15) is 14.4 Å². The average Bonchev–Trinajstić information content (AvgIpc) is 2.65. The van der Waals surface area contributed by atoms with Crippen molar-refractivity contribution in [2.75, 3.05) is 19.6 Å². The summed E-state index contributed by atoms with van der Waals surface area (Å²) in [6.45, 7) is 2.73. The van der Waals surface area contributed by atoms with E-state index in [4.69, 9.17) is 0 Å². The van der Waals surface area contributed by atoms with Gasteiger partial charge in [0.15, 0.2) is 0 Å². The predicted molar refractivity (Wildman–Crippen MR) is 93.0 cm³/mol. The molecule has 0 aromatic heterocycles. The molecule has 0 bridgehead atoms. The van der Waals surface area contributed by atoms with Gasteiger partial charge < -0.3 is 15.1 Å². The lowest BCUT2D eigenvalue weighted by atomic mass is 10.0. The van der Waals surface area contributed by atoms with E-state index in [0.717, 1.165) is 10.8 Å². The van der Waals surface area contributed by atoms with Crippen LogP contribution in [-0.4, -0.2) is 59.2 Å². The van der Waals surface area contributed by atoms with Gasteiger partial charge in [0.1, 0.15) is 12.1 Å². The number of nitrogens with zero attached hydrogens (tertiary/aromatic N) is 2. The van der Waals surface area contributed by atoms with Crippen molar-refractivity contribution < 1.29 is 14.4 Å². The summed E-state index contributed by atoms with van der Waals surface area (Å²) in [5, 5.41) is 4.59. The van der Waals surface area contributed by atoms with Crippen molar-refractivity contribution >= 4 is 28.5 Å². The molecular weight excluding hydrogens is 318 g/mol. The first-order chi connectivity index (χ1) is 12.1. The summed E-state index contributed by atoms with van der Waals surface area (Å²) < 4.78 is 0. The molecule has 0 aliphatic carbocycles. The summed E-state index contributed by atoms with van der Waals surface area (Å²) in [4.78, 5) is 40.8. The second-order valence-corrected chi connectivity index (χ2v) is 6.56. The van der Waals surface area contributed by atoms with Gasteiger partial charge >= 0.3 is 0 Å². The molecule has 2 saturated heterocycles. The highest BCUT2D eigenvalue weighted by atomic mass is 16.2. The molecule has 1 N–H and O–H groups in total. The first-order valence-corrected chi connectivity index (χ1v) is 8.44. The number of carbonyl (C=O) groups excluding carboxylic acids is 3. The van der Waals surface area contributed by atoms with E-state index in [1.54, 1.807) is 16.7 Å². The fourth-order valence-corrected chi connectivity index (χ4v) is 3.66. The Kier molecular flexibility index (Phi) is 3.67. The number of amides is 3. The Hall–Kier alpha value is -2.89. The molecule has 2 aromatic carbocycles. The molecule has 0 unspecified atom stereocenters. The molecule has 2 heterocycles. The van der Waals surface area contributed by atoms with Crippen LogP contribution >= 0.6 is 0 Å². The van der Waals surface area contributed by atoms with E-state index in [-0.39, 0.29) is 24.3 Å². The van der Waals surface area contributed by atoms with Crippen LogP contribution in [0, 0.1) is 0 Å². The van der Waals surface area contributed by atoms with Crippen molar-refractivity contribution in [3.63, 3.8) is 0 Å². The number of benzene rings is 2. The average molecular weight is 337 g/mol. The van der Waals surface area contributed by atoms with Crippen molar-refractivity contribution in [2.24, 2.45) is 0 Å². The molecule has 2 aromatic rings. The summed E-state index contributed by atoms with van der Waals surface area (Å²) in [7, 11) is 0. The van der Waals surface area contributed by atoms with Crippen molar-refractivity contribution in [2.45, 2.75) is 19.0 Å². The second kappa shape index (κ2) is 5.88. The molecule has 4 rings (SSSR count). The Morgan fingerprint density at radius 1 is 1.08 bits per heavy atom. The van der Waals surface area contributed by atoms with Gasteiger partial charge in [-0.15, -0.1) is 0 Å². The van der Waals surface area contributed by atoms with Gasteiger partial charge in [0.25, 0.3) is 5.91 Å². The van der Waals surface area contributed by atoms with Crippen molar-refractivity contribution in [1.29, 1.82) is 0 Å². The highest BCUT2D eigenvalue weighted by molar-refractivity contribution is 6.07. The Bertz CT molecular complexity index is 874. The maximum absolute atomic E-state index is 13.0. The molecule has 0 saturated carbocycles. The summed E-state index contributed by atoms with van der Waals surface area (Å²) >= 11 is 0. The number of piperazine rings is 2. The van der Waals surface area contributed by atoms with E-state index < -0.39 is 12.1 Å². The molecule has 0 radical (unpaired) electrons. The standard InChI is InChI=1S/C19H19N3O3/c1-12-18(24)22-10-9-21(11-16(22)17(23)20-12)19(25)15-8-4-6-13-5-2-3-7-14(13)15/h2-8,12,16H,9-11H2,1H3,(H,20,23)/t12-,16-/m1/s1. The largest absolute Gasteiger partial charge is 0.343 e. The Morgan fingerprint density at radius 2 is 1.84 bits per heavy atom. The van der Waals surface area contributed by atoms with Gasteiger partial charge in [0.2, 0.25) is 11.8 Å². The van der Waals surface area contributed by atoms with Crippen molar-refractivity contribution in [1.82, 2.24) is 15.1 Å². The molecule has 2 aliphatic heterocycles. The molecule has 128 valence electrons. The highest BCUT2D eigenvalue weighted by Crippen LogP contribution is 2.22. The molecule has 2 atom stereocenters. The Labute approximate surface area is 145 Å². The first-order valence-electron chi connectivity index (χ1n) is 8.44. The zero-order chi connectivity index (χ0) is 17.6. The maximum atomic E-state index is 13.0. The van der Waals surface area contributed by atoms with Crippen molar-refractivity contribution in [3.8, 4) is 0 Å². The van der Waals surface area contributed by atoms with Crippen LogP contribution in [0.2, 0.25) is 0 Å². The van der Waals surface area contributed by atoms with Gasteiger partial charge in [0, 0.05) is 18.7 Å². The molecule has 0 spiro atoms. The smallest absolute Gasteiger partial charge is 0.254 e. The summed E-state index contributed by atoms with van der Waals surface area (Å²) in [5.74, 6) is -0.375. The zero-order valence-corrected chi connectivity index (χ0v) is 13.9. The summed E-state index contributed by atoms with van der Waals surface area (Å²) in [6.07, 6.45) is 0. The molecule has 6 nitrogen and oxygen atoms in total. The third kappa shape index (κ3) is 2.54. The van der Waals surface area contributed by atoms with E-state index in [2.05, 4.69) is 5.32 Å². The fraction of sp³-hybridized carbons (Fsp3) is 0.316. The third-order valence-corrected chi connectivity index (χ3v) is 5.00. The second-order valence-electron chi connectivity index (χ2n) is 6.56. The van der Waals surface area contributed by atoms with Crippen LogP contribution in [0.3, 0.4) is 0 Å². The van der Waals surface area contributed by atoms with Gasteiger partial charge in [-0.05, 0) is 23.8 Å². The quantitative estimate of drug-likeness (QED) is 0.844. The van der Waals surface area contributed by atoms with E-state index in [1.807, 2.05) is 42.5 Å². The summed E-state index contributed by atoms with van der Waals surface area (Å²) in [6, 6.07) is 12.3. The number of nitrogens with one attached hydrogen (secondary N) is 1. The van der Waals surface area contributed by atoms with Crippen LogP contribution in [0.25, 0.3) is 10.8 Å². The number of hydrogen-bond donors (Lipinski definition) is 1. The topological polar surface area (TPSA) is 69.7 Å². The fourth-order valence-electron chi connectivity index (χ4n) is 3.66. The number of hydrogen-bond acceptors (Lipinski definition) is 3. The van der Waals surface area contributed by atoms with Gasteiger partial charge in [-0.25, -0.2) is 0 Å². The number of carbonyl (C=O) groups is 3. The molecular formula is C19H19N3O3. The van der Waals surface area contributed by atoms with E-state index in [1.165, 1.54) is 0 Å². The SMILES string of the molecule is C[C@H]1NC(=O)[C@H]2CN(C(=O)c3cccc4ccccc34)CCN2C1=O. The van der Waals surface area contributed by atoms with Crippen LogP contribution in [0.5, 0.6) is 0 Å². The Morgan fingerprint density at radius 3 is 2.68 bits per heavy atom. The molecule has 3 amide bonds. The molecule has 2 aliphatic rings. The minimum absolute atomic E-state index is 0.0816. The van der Waals surface area contributed by atoms with Crippen LogP contribution in [0.1, 0.15) is 17.3 Å². The normalized spacial score (nSPS) is 23.4.